The van der Waals surface area contributed by atoms with Crippen LogP contribution in [0, 0.1) is 6.92 Å². The Morgan fingerprint density at radius 3 is 2.31 bits per heavy atom. The molecule has 0 bridgehead atoms. The molecule has 0 aromatic heterocycles. The Kier molecular flexibility index (Phi) is 2.95. The fourth-order valence-corrected chi connectivity index (χ4v) is 0.985. The number of hydrogen-bond acceptors (Lipinski definition) is 2. The minimum Gasteiger partial charge on any atom is -0.298 e. The normalized spacial score (nSPS) is 11.7. The molecule has 0 amide bonds. The summed E-state index contributed by atoms with van der Waals surface area (Å²) in [4.78, 5) is 3.94. The molecule has 2 nitrogen and oxygen atoms in total. The second kappa shape index (κ2) is 3.81. The molecule has 0 saturated heterocycles. The average Bonchev–Trinajstić information content (AvgIpc) is 2.05. The summed E-state index contributed by atoms with van der Waals surface area (Å²) in [6.45, 7) is 1.04. The van der Waals surface area contributed by atoms with Crippen molar-refractivity contribution in [2.75, 3.05) is 6.61 Å². The van der Waals surface area contributed by atoms with Gasteiger partial charge in [0.15, 0.2) is 0 Å². The van der Waals surface area contributed by atoms with Gasteiger partial charge in [0.1, 0.15) is 6.61 Å². The molecule has 0 heterocycles. The van der Waals surface area contributed by atoms with Gasteiger partial charge in [-0.05, 0) is 6.92 Å². The zero-order chi connectivity index (χ0) is 9.90. The Bertz CT molecular complexity index is 271. The lowest BCUT2D eigenvalue weighted by atomic mass is 10.1. The van der Waals surface area contributed by atoms with Crippen molar-refractivity contribution in [2.45, 2.75) is 12.8 Å². The number of aryl methyl sites for hydroxylation is 1. The predicted molar refractivity (Wildman–Crippen MR) is 45.2 cm³/mol. The Morgan fingerprint density at radius 2 is 1.85 bits per heavy atom. The van der Waals surface area contributed by atoms with Gasteiger partial charge in [0.25, 0.3) is 5.92 Å². The molecule has 13 heavy (non-hydrogen) atoms. The Labute approximate surface area is 75.3 Å². The first-order chi connectivity index (χ1) is 6.06. The van der Waals surface area contributed by atoms with Crippen LogP contribution in [0.4, 0.5) is 8.78 Å². The molecule has 0 aliphatic rings. The maximum absolute atomic E-state index is 13.1. The van der Waals surface area contributed by atoms with E-state index in [0.29, 0.717) is 0 Å². The number of benzene rings is 1. The molecule has 0 aliphatic carbocycles. The molecule has 0 saturated carbocycles. The fourth-order valence-electron chi connectivity index (χ4n) is 0.985. The van der Waals surface area contributed by atoms with Crippen LogP contribution in [0.5, 0.6) is 0 Å². The van der Waals surface area contributed by atoms with Crippen LogP contribution in [-0.4, -0.2) is 6.61 Å². The van der Waals surface area contributed by atoms with E-state index in [1.165, 1.54) is 12.1 Å². The van der Waals surface area contributed by atoms with Crippen LogP contribution in [0.1, 0.15) is 11.1 Å². The fraction of sp³-hybridized carbons (Fsp3) is 0.333. The molecule has 0 atom stereocenters. The zero-order valence-corrected chi connectivity index (χ0v) is 7.26. The summed E-state index contributed by atoms with van der Waals surface area (Å²) in [6, 6.07) is 5.99. The van der Waals surface area contributed by atoms with E-state index in [9.17, 15) is 8.78 Å². The highest BCUT2D eigenvalue weighted by Crippen LogP contribution is 2.27. The third-order valence-electron chi connectivity index (χ3n) is 1.74. The average molecular weight is 187 g/mol. The summed E-state index contributed by atoms with van der Waals surface area (Å²) in [6.07, 6.45) is 0. The Morgan fingerprint density at radius 1 is 1.31 bits per heavy atom. The van der Waals surface area contributed by atoms with Crippen molar-refractivity contribution in [3.63, 3.8) is 0 Å². The minimum absolute atomic E-state index is 0.0800. The third-order valence-corrected chi connectivity index (χ3v) is 1.74. The molecule has 0 unspecified atom stereocenters. The highest BCUT2D eigenvalue weighted by Gasteiger charge is 2.31. The molecule has 0 fully saturated rings. The third kappa shape index (κ3) is 2.47. The van der Waals surface area contributed by atoms with E-state index in [-0.39, 0.29) is 5.56 Å². The lowest BCUT2D eigenvalue weighted by Crippen LogP contribution is -2.23. The van der Waals surface area contributed by atoms with Gasteiger partial charge in [-0.15, -0.1) is 0 Å². The lowest BCUT2D eigenvalue weighted by molar-refractivity contribution is -0.0837. The van der Waals surface area contributed by atoms with Gasteiger partial charge in [-0.2, -0.15) is 8.78 Å². The first-order valence-corrected chi connectivity index (χ1v) is 3.83. The van der Waals surface area contributed by atoms with Gasteiger partial charge in [-0.3, -0.25) is 4.84 Å². The topological polar surface area (TPSA) is 35.2 Å². The van der Waals surface area contributed by atoms with Gasteiger partial charge in [0.2, 0.25) is 0 Å². The van der Waals surface area contributed by atoms with E-state index in [0.717, 1.165) is 5.56 Å². The molecule has 2 N–H and O–H groups in total. The molecular formula is C9H11F2NO. The molecule has 0 aliphatic heterocycles. The van der Waals surface area contributed by atoms with E-state index in [1.807, 2.05) is 6.92 Å². The van der Waals surface area contributed by atoms with Crippen molar-refractivity contribution >= 4 is 0 Å². The van der Waals surface area contributed by atoms with Crippen molar-refractivity contribution in [2.24, 2.45) is 5.90 Å². The molecule has 4 heteroatoms. The Balaban J connectivity index is 2.87. The van der Waals surface area contributed by atoms with E-state index in [1.54, 1.807) is 12.1 Å². The Hall–Kier alpha value is -1.00. The van der Waals surface area contributed by atoms with Crippen LogP contribution >= 0.6 is 0 Å². The summed E-state index contributed by atoms with van der Waals surface area (Å²) in [5.74, 6) is 1.59. The monoisotopic (exact) mass is 187 g/mol. The summed E-state index contributed by atoms with van der Waals surface area (Å²) in [7, 11) is 0. The van der Waals surface area contributed by atoms with Crippen molar-refractivity contribution in [3.8, 4) is 0 Å². The van der Waals surface area contributed by atoms with Gasteiger partial charge >= 0.3 is 0 Å². The van der Waals surface area contributed by atoms with E-state index in [2.05, 4.69) is 10.7 Å². The van der Waals surface area contributed by atoms with E-state index < -0.39 is 12.5 Å². The molecule has 72 valence electrons. The molecule has 1 aromatic rings. The van der Waals surface area contributed by atoms with Crippen LogP contribution in [0.3, 0.4) is 0 Å². The second-order valence-electron chi connectivity index (χ2n) is 2.88. The number of hydrogen-bond donors (Lipinski definition) is 1. The number of rotatable bonds is 3. The van der Waals surface area contributed by atoms with E-state index in [4.69, 9.17) is 0 Å². The maximum Gasteiger partial charge on any atom is 0.298 e. The highest BCUT2D eigenvalue weighted by molar-refractivity contribution is 5.24. The summed E-state index contributed by atoms with van der Waals surface area (Å²) >= 11 is 0. The largest absolute Gasteiger partial charge is 0.298 e. The van der Waals surface area contributed by atoms with Gasteiger partial charge in [0, 0.05) is 5.56 Å². The van der Waals surface area contributed by atoms with Crippen LogP contribution < -0.4 is 5.90 Å². The second-order valence-corrected chi connectivity index (χ2v) is 2.88. The smallest absolute Gasteiger partial charge is 0.298 e. The molecule has 0 spiro atoms. The predicted octanol–water partition coefficient (Wildman–Crippen LogP) is 1.98. The van der Waals surface area contributed by atoms with Gasteiger partial charge in [-0.1, -0.05) is 29.8 Å². The lowest BCUT2D eigenvalue weighted by Gasteiger charge is -2.14. The van der Waals surface area contributed by atoms with Crippen molar-refractivity contribution in [3.05, 3.63) is 35.4 Å². The minimum atomic E-state index is -3.01. The quantitative estimate of drug-likeness (QED) is 0.734. The number of halogens is 2. The van der Waals surface area contributed by atoms with Crippen molar-refractivity contribution in [1.82, 2.24) is 0 Å². The SMILES string of the molecule is Cc1ccc(C(F)(F)CON)cc1. The first-order valence-electron chi connectivity index (χ1n) is 3.83. The molecule has 1 aromatic carbocycles. The highest BCUT2D eigenvalue weighted by atomic mass is 19.3. The molecule has 1 rings (SSSR count). The van der Waals surface area contributed by atoms with Crippen molar-refractivity contribution in [1.29, 1.82) is 0 Å². The van der Waals surface area contributed by atoms with Gasteiger partial charge in [0.05, 0.1) is 0 Å². The van der Waals surface area contributed by atoms with Crippen LogP contribution in [0.2, 0.25) is 0 Å². The summed E-state index contributed by atoms with van der Waals surface area (Å²) in [5, 5.41) is 0. The zero-order valence-electron chi connectivity index (χ0n) is 7.26. The first kappa shape index (κ1) is 10.1. The maximum atomic E-state index is 13.1. The van der Waals surface area contributed by atoms with Gasteiger partial charge < -0.3 is 0 Å². The summed E-state index contributed by atoms with van der Waals surface area (Å²) < 4.78 is 26.2. The molecule has 0 radical (unpaired) electrons. The van der Waals surface area contributed by atoms with E-state index >= 15 is 0 Å². The standard InChI is InChI=1S/C9H11F2NO/c1-7-2-4-8(5-3-7)9(10,11)6-13-12/h2-5H,6,12H2,1H3. The number of nitrogens with two attached hydrogens (primary N) is 1. The summed E-state index contributed by atoms with van der Waals surface area (Å²) in [5.41, 5.74) is 0.858. The van der Waals surface area contributed by atoms with Gasteiger partial charge in [-0.25, -0.2) is 5.90 Å². The van der Waals surface area contributed by atoms with Crippen LogP contribution in [-0.2, 0) is 10.8 Å². The number of alkyl halides is 2. The van der Waals surface area contributed by atoms with Crippen molar-refractivity contribution < 1.29 is 13.6 Å². The van der Waals surface area contributed by atoms with Crippen LogP contribution in [0.25, 0.3) is 0 Å². The molecular weight excluding hydrogens is 176 g/mol. The van der Waals surface area contributed by atoms with Crippen LogP contribution in [0.15, 0.2) is 24.3 Å².